The van der Waals surface area contributed by atoms with E-state index in [1.807, 2.05) is 0 Å². The summed E-state index contributed by atoms with van der Waals surface area (Å²) >= 11 is 0. The summed E-state index contributed by atoms with van der Waals surface area (Å²) in [4.78, 5) is 14.5. The summed E-state index contributed by atoms with van der Waals surface area (Å²) in [6, 6.07) is 0. The van der Waals surface area contributed by atoms with Crippen LogP contribution in [-0.2, 0) is 4.74 Å². The van der Waals surface area contributed by atoms with Crippen molar-refractivity contribution >= 4 is 6.09 Å². The van der Waals surface area contributed by atoms with Gasteiger partial charge in [0.2, 0.25) is 0 Å². The molecule has 0 spiro atoms. The van der Waals surface area contributed by atoms with E-state index in [4.69, 9.17) is 9.84 Å². The maximum absolute atomic E-state index is 10.7. The zero-order valence-electron chi connectivity index (χ0n) is 9.60. The van der Waals surface area contributed by atoms with Gasteiger partial charge >= 0.3 is 6.09 Å². The van der Waals surface area contributed by atoms with Crippen molar-refractivity contribution < 1.29 is 14.6 Å². The van der Waals surface area contributed by atoms with Gasteiger partial charge in [0.05, 0.1) is 6.10 Å². The van der Waals surface area contributed by atoms with E-state index in [1.54, 1.807) is 0 Å². The number of hydrogen-bond acceptors (Lipinski definition) is 3. The largest absolute Gasteiger partial charge is 0.465 e. The van der Waals surface area contributed by atoms with Crippen molar-refractivity contribution in [2.75, 3.05) is 39.3 Å². The summed E-state index contributed by atoms with van der Waals surface area (Å²) in [5, 5.41) is 8.83. The van der Waals surface area contributed by atoms with E-state index in [0.29, 0.717) is 19.2 Å². The van der Waals surface area contributed by atoms with Gasteiger partial charge in [0.15, 0.2) is 0 Å². The van der Waals surface area contributed by atoms with Crippen LogP contribution in [0.3, 0.4) is 0 Å². The predicted molar refractivity (Wildman–Crippen MR) is 59.6 cm³/mol. The Labute approximate surface area is 96.0 Å². The first-order valence-electron chi connectivity index (χ1n) is 6.07. The Morgan fingerprint density at radius 2 is 2.00 bits per heavy atom. The molecule has 1 unspecified atom stereocenters. The van der Waals surface area contributed by atoms with Gasteiger partial charge in [-0.3, -0.25) is 4.90 Å². The van der Waals surface area contributed by atoms with Crippen LogP contribution in [0.1, 0.15) is 19.3 Å². The molecule has 5 heteroatoms. The van der Waals surface area contributed by atoms with Crippen molar-refractivity contribution in [2.24, 2.45) is 0 Å². The molecule has 2 aliphatic rings. The smallest absolute Gasteiger partial charge is 0.407 e. The van der Waals surface area contributed by atoms with Gasteiger partial charge in [-0.05, 0) is 19.3 Å². The van der Waals surface area contributed by atoms with Crippen molar-refractivity contribution in [1.82, 2.24) is 9.80 Å². The highest BCUT2D eigenvalue weighted by molar-refractivity contribution is 5.65. The lowest BCUT2D eigenvalue weighted by atomic mass is 10.1. The molecule has 2 fully saturated rings. The fourth-order valence-electron chi connectivity index (χ4n) is 2.36. The predicted octanol–water partition coefficient (Wildman–Crippen LogP) is 0.851. The molecule has 1 N–H and O–H groups in total. The molecule has 16 heavy (non-hydrogen) atoms. The summed E-state index contributed by atoms with van der Waals surface area (Å²) in [6.07, 6.45) is 3.17. The summed E-state index contributed by atoms with van der Waals surface area (Å²) in [7, 11) is 0. The van der Waals surface area contributed by atoms with Gasteiger partial charge in [0.1, 0.15) is 0 Å². The van der Waals surface area contributed by atoms with E-state index in [2.05, 4.69) is 4.90 Å². The molecule has 2 aliphatic heterocycles. The zero-order valence-corrected chi connectivity index (χ0v) is 9.60. The molecule has 0 saturated carbocycles. The highest BCUT2D eigenvalue weighted by atomic mass is 16.5. The van der Waals surface area contributed by atoms with E-state index < -0.39 is 6.09 Å². The molecule has 0 aromatic heterocycles. The second-order valence-corrected chi connectivity index (χ2v) is 4.56. The van der Waals surface area contributed by atoms with Gasteiger partial charge < -0.3 is 14.7 Å². The Morgan fingerprint density at radius 1 is 1.25 bits per heavy atom. The lowest BCUT2D eigenvalue weighted by Gasteiger charge is -2.35. The van der Waals surface area contributed by atoms with Gasteiger partial charge in [-0.15, -0.1) is 0 Å². The number of hydrogen-bond donors (Lipinski definition) is 1. The molecule has 0 aromatic carbocycles. The lowest BCUT2D eigenvalue weighted by Crippen LogP contribution is -2.50. The SMILES string of the molecule is O=C(O)N1CCN(CC2CCCCO2)CC1. The molecule has 1 amide bonds. The molecular formula is C11H20N2O3. The van der Waals surface area contributed by atoms with Gasteiger partial charge in [-0.1, -0.05) is 0 Å². The number of piperazine rings is 1. The molecule has 92 valence electrons. The van der Waals surface area contributed by atoms with Crippen LogP contribution in [0.5, 0.6) is 0 Å². The maximum atomic E-state index is 10.7. The Kier molecular flexibility index (Phi) is 4.01. The van der Waals surface area contributed by atoms with Gasteiger partial charge in [-0.2, -0.15) is 0 Å². The topological polar surface area (TPSA) is 53.0 Å². The molecule has 2 saturated heterocycles. The number of nitrogens with zero attached hydrogens (tertiary/aromatic N) is 2. The maximum Gasteiger partial charge on any atom is 0.407 e. The minimum absolute atomic E-state index is 0.366. The van der Waals surface area contributed by atoms with Gasteiger partial charge in [0, 0.05) is 39.3 Å². The molecule has 5 nitrogen and oxygen atoms in total. The summed E-state index contributed by atoms with van der Waals surface area (Å²) in [6.45, 7) is 4.79. The van der Waals surface area contributed by atoms with Crippen molar-refractivity contribution in [3.8, 4) is 0 Å². The number of amides is 1. The molecule has 0 bridgehead atoms. The van der Waals surface area contributed by atoms with Crippen molar-refractivity contribution in [2.45, 2.75) is 25.4 Å². The molecule has 0 aliphatic carbocycles. The Morgan fingerprint density at radius 3 is 2.56 bits per heavy atom. The van der Waals surface area contributed by atoms with Crippen LogP contribution < -0.4 is 0 Å². The highest BCUT2D eigenvalue weighted by Crippen LogP contribution is 2.14. The first kappa shape index (κ1) is 11.7. The van der Waals surface area contributed by atoms with Crippen LogP contribution in [0, 0.1) is 0 Å². The number of ether oxygens (including phenoxy) is 1. The monoisotopic (exact) mass is 228 g/mol. The summed E-state index contributed by atoms with van der Waals surface area (Å²) in [5.74, 6) is 0. The molecule has 0 radical (unpaired) electrons. The van der Waals surface area contributed by atoms with E-state index in [0.717, 1.165) is 32.7 Å². The minimum atomic E-state index is -0.798. The van der Waals surface area contributed by atoms with Crippen molar-refractivity contribution in [3.05, 3.63) is 0 Å². The average molecular weight is 228 g/mol. The molecule has 1 atom stereocenters. The average Bonchev–Trinajstić information content (AvgIpc) is 2.31. The Balaban J connectivity index is 1.70. The van der Waals surface area contributed by atoms with Crippen molar-refractivity contribution in [1.29, 1.82) is 0 Å². The quantitative estimate of drug-likeness (QED) is 0.761. The Bertz CT molecular complexity index is 233. The van der Waals surface area contributed by atoms with E-state index in [9.17, 15) is 4.79 Å². The number of carbonyl (C=O) groups is 1. The summed E-state index contributed by atoms with van der Waals surface area (Å²) in [5.41, 5.74) is 0. The third kappa shape index (κ3) is 3.09. The Hall–Kier alpha value is -0.810. The zero-order chi connectivity index (χ0) is 11.4. The fraction of sp³-hybridized carbons (Fsp3) is 0.909. The van der Waals surface area contributed by atoms with Crippen LogP contribution >= 0.6 is 0 Å². The third-order valence-corrected chi connectivity index (χ3v) is 3.38. The van der Waals surface area contributed by atoms with E-state index >= 15 is 0 Å². The fourth-order valence-corrected chi connectivity index (χ4v) is 2.36. The van der Waals surface area contributed by atoms with Crippen molar-refractivity contribution in [3.63, 3.8) is 0 Å². The highest BCUT2D eigenvalue weighted by Gasteiger charge is 2.23. The van der Waals surface area contributed by atoms with Crippen LogP contribution in [-0.4, -0.2) is 66.4 Å². The summed E-state index contributed by atoms with van der Waals surface area (Å²) < 4.78 is 5.68. The van der Waals surface area contributed by atoms with Crippen LogP contribution in [0.25, 0.3) is 0 Å². The third-order valence-electron chi connectivity index (χ3n) is 3.38. The van der Waals surface area contributed by atoms with E-state index in [1.165, 1.54) is 17.7 Å². The van der Waals surface area contributed by atoms with Crippen LogP contribution in [0.2, 0.25) is 0 Å². The first-order valence-corrected chi connectivity index (χ1v) is 6.07. The number of rotatable bonds is 2. The van der Waals surface area contributed by atoms with E-state index in [-0.39, 0.29) is 0 Å². The van der Waals surface area contributed by atoms with Crippen LogP contribution in [0.15, 0.2) is 0 Å². The van der Waals surface area contributed by atoms with Crippen LogP contribution in [0.4, 0.5) is 4.79 Å². The molecule has 2 rings (SSSR count). The normalized spacial score (nSPS) is 28.0. The van der Waals surface area contributed by atoms with Gasteiger partial charge in [-0.25, -0.2) is 4.79 Å². The second kappa shape index (κ2) is 5.50. The second-order valence-electron chi connectivity index (χ2n) is 4.56. The standard InChI is InChI=1S/C11H20N2O3/c14-11(15)13-6-4-12(5-7-13)9-10-3-1-2-8-16-10/h10H,1-9H2,(H,14,15). The molecular weight excluding hydrogens is 208 g/mol. The lowest BCUT2D eigenvalue weighted by molar-refractivity contribution is -0.0129. The number of carboxylic acid groups (broad SMARTS) is 1. The minimum Gasteiger partial charge on any atom is -0.465 e. The first-order chi connectivity index (χ1) is 7.75. The van der Waals surface area contributed by atoms with Gasteiger partial charge in [0.25, 0.3) is 0 Å². The molecule has 0 aromatic rings. The molecule has 2 heterocycles.